The first-order valence-electron chi connectivity index (χ1n) is 6.30. The zero-order chi connectivity index (χ0) is 12.1. The van der Waals surface area contributed by atoms with Gasteiger partial charge in [-0.2, -0.15) is 0 Å². The summed E-state index contributed by atoms with van der Waals surface area (Å²) in [7, 11) is 1.99. The van der Waals surface area contributed by atoms with E-state index in [4.69, 9.17) is 0 Å². The third-order valence-electron chi connectivity index (χ3n) is 2.90. The minimum absolute atomic E-state index is 1.01. The molecule has 0 spiro atoms. The van der Waals surface area contributed by atoms with Crippen molar-refractivity contribution in [3.63, 3.8) is 0 Å². The summed E-state index contributed by atoms with van der Waals surface area (Å²) >= 11 is 0. The van der Waals surface area contributed by atoms with Gasteiger partial charge in [0.05, 0.1) is 11.7 Å². The molecule has 0 radical (unpaired) electrons. The molecule has 4 nitrogen and oxygen atoms in total. The van der Waals surface area contributed by atoms with Crippen LogP contribution in [0.15, 0.2) is 18.5 Å². The molecule has 17 heavy (non-hydrogen) atoms. The highest BCUT2D eigenvalue weighted by Gasteiger charge is 2.09. The van der Waals surface area contributed by atoms with E-state index in [0.717, 1.165) is 37.9 Å². The van der Waals surface area contributed by atoms with Gasteiger partial charge in [-0.3, -0.25) is 4.98 Å². The van der Waals surface area contributed by atoms with Crippen LogP contribution in [-0.2, 0) is 13.0 Å². The van der Waals surface area contributed by atoms with Crippen LogP contribution in [0.2, 0.25) is 0 Å². The summed E-state index contributed by atoms with van der Waals surface area (Å²) in [6, 6.07) is 2.06. The van der Waals surface area contributed by atoms with Gasteiger partial charge in [-0.15, -0.1) is 0 Å². The van der Waals surface area contributed by atoms with Crippen LogP contribution >= 0.6 is 0 Å². The van der Waals surface area contributed by atoms with Crippen molar-refractivity contribution in [3.8, 4) is 0 Å². The Hall–Kier alpha value is -1.42. The summed E-state index contributed by atoms with van der Waals surface area (Å²) in [5.74, 6) is 1.19. The first-order valence-corrected chi connectivity index (χ1v) is 6.30. The van der Waals surface area contributed by atoms with E-state index in [1.54, 1.807) is 0 Å². The van der Waals surface area contributed by atoms with Crippen molar-refractivity contribution in [3.05, 3.63) is 24.3 Å². The zero-order valence-corrected chi connectivity index (χ0v) is 10.6. The van der Waals surface area contributed by atoms with Gasteiger partial charge < -0.3 is 9.88 Å². The van der Waals surface area contributed by atoms with Crippen molar-refractivity contribution in [2.45, 2.75) is 32.7 Å². The maximum Gasteiger partial charge on any atom is 0.109 e. The second-order valence-corrected chi connectivity index (χ2v) is 4.25. The molecule has 0 aliphatic carbocycles. The monoisotopic (exact) mass is 232 g/mol. The first kappa shape index (κ1) is 12.0. The molecule has 0 aliphatic rings. The molecule has 0 bridgehead atoms. The van der Waals surface area contributed by atoms with Gasteiger partial charge in [0.1, 0.15) is 11.3 Å². The van der Waals surface area contributed by atoms with Gasteiger partial charge >= 0.3 is 0 Å². The Morgan fingerprint density at radius 3 is 3.06 bits per heavy atom. The van der Waals surface area contributed by atoms with Crippen molar-refractivity contribution < 1.29 is 0 Å². The number of nitrogens with one attached hydrogen (secondary N) is 1. The smallest absolute Gasteiger partial charge is 0.109 e. The highest BCUT2D eigenvalue weighted by Crippen LogP contribution is 2.16. The maximum atomic E-state index is 4.68. The number of aromatic nitrogens is 3. The largest absolute Gasteiger partial charge is 0.328 e. The lowest BCUT2D eigenvalue weighted by Gasteiger charge is -2.07. The maximum absolute atomic E-state index is 4.68. The van der Waals surface area contributed by atoms with Crippen molar-refractivity contribution >= 4 is 11.0 Å². The van der Waals surface area contributed by atoms with Crippen LogP contribution in [0.25, 0.3) is 11.0 Å². The molecule has 2 aromatic rings. The number of nitrogens with zero attached hydrogens (tertiary/aromatic N) is 3. The Bertz CT molecular complexity index is 475. The van der Waals surface area contributed by atoms with Gasteiger partial charge in [0.25, 0.3) is 0 Å². The van der Waals surface area contributed by atoms with Crippen LogP contribution in [0.4, 0.5) is 0 Å². The Kier molecular flexibility index (Phi) is 4.09. The molecule has 92 valence electrons. The Labute approximate surface area is 102 Å². The average molecular weight is 232 g/mol. The van der Waals surface area contributed by atoms with Crippen molar-refractivity contribution in [1.82, 2.24) is 19.9 Å². The van der Waals surface area contributed by atoms with Gasteiger partial charge in [0.15, 0.2) is 0 Å². The molecule has 0 atom stereocenters. The third-order valence-corrected chi connectivity index (χ3v) is 2.90. The molecule has 0 saturated carbocycles. The van der Waals surface area contributed by atoms with E-state index < -0.39 is 0 Å². The fourth-order valence-electron chi connectivity index (χ4n) is 2.12. The van der Waals surface area contributed by atoms with E-state index in [1.165, 1.54) is 11.3 Å². The molecule has 2 heterocycles. The topological polar surface area (TPSA) is 42.7 Å². The molecule has 2 rings (SSSR count). The Balaban J connectivity index is 2.29. The van der Waals surface area contributed by atoms with Gasteiger partial charge in [0, 0.05) is 19.2 Å². The summed E-state index contributed by atoms with van der Waals surface area (Å²) in [4.78, 5) is 8.81. The molecule has 4 heteroatoms. The second kappa shape index (κ2) is 5.77. The van der Waals surface area contributed by atoms with Gasteiger partial charge in [0.2, 0.25) is 0 Å². The second-order valence-electron chi connectivity index (χ2n) is 4.25. The van der Waals surface area contributed by atoms with Crippen molar-refractivity contribution in [2.24, 2.45) is 0 Å². The summed E-state index contributed by atoms with van der Waals surface area (Å²) in [5, 5.41) is 3.17. The number of imidazole rings is 1. The lowest BCUT2D eigenvalue weighted by molar-refractivity contribution is 0.626. The molecule has 0 aliphatic heterocycles. The summed E-state index contributed by atoms with van der Waals surface area (Å²) in [5.41, 5.74) is 2.22. The van der Waals surface area contributed by atoms with Crippen LogP contribution in [0, 0.1) is 0 Å². The van der Waals surface area contributed by atoms with Gasteiger partial charge in [-0.05, 0) is 32.5 Å². The Morgan fingerprint density at radius 1 is 1.41 bits per heavy atom. The Morgan fingerprint density at radius 2 is 2.29 bits per heavy atom. The summed E-state index contributed by atoms with van der Waals surface area (Å²) in [6.07, 6.45) is 6.97. The van der Waals surface area contributed by atoms with E-state index in [0.29, 0.717) is 0 Å². The van der Waals surface area contributed by atoms with E-state index in [-0.39, 0.29) is 0 Å². The molecule has 1 N–H and O–H groups in total. The highest BCUT2D eigenvalue weighted by molar-refractivity contribution is 5.74. The molecule has 0 amide bonds. The van der Waals surface area contributed by atoms with E-state index in [2.05, 4.69) is 32.8 Å². The van der Waals surface area contributed by atoms with E-state index >= 15 is 0 Å². The summed E-state index contributed by atoms with van der Waals surface area (Å²) in [6.45, 7) is 4.27. The minimum Gasteiger partial charge on any atom is -0.328 e. The number of rotatable bonds is 6. The van der Waals surface area contributed by atoms with Crippen LogP contribution in [0.1, 0.15) is 25.6 Å². The highest BCUT2D eigenvalue weighted by atomic mass is 15.1. The van der Waals surface area contributed by atoms with Crippen LogP contribution in [0.5, 0.6) is 0 Å². The zero-order valence-electron chi connectivity index (χ0n) is 10.6. The van der Waals surface area contributed by atoms with Crippen molar-refractivity contribution in [1.29, 1.82) is 0 Å². The molecule has 0 saturated heterocycles. The number of aryl methyl sites for hydroxylation is 2. The van der Waals surface area contributed by atoms with E-state index in [1.807, 2.05) is 19.4 Å². The third kappa shape index (κ3) is 2.64. The lowest BCUT2D eigenvalue weighted by atomic mass is 10.3. The first-order chi connectivity index (χ1) is 8.36. The predicted molar refractivity (Wildman–Crippen MR) is 70.1 cm³/mol. The van der Waals surface area contributed by atoms with Gasteiger partial charge in [-0.1, -0.05) is 6.92 Å². The van der Waals surface area contributed by atoms with Gasteiger partial charge in [-0.25, -0.2) is 4.98 Å². The lowest BCUT2D eigenvalue weighted by Crippen LogP contribution is -2.11. The molecular formula is C13H20N4. The minimum atomic E-state index is 1.01. The quantitative estimate of drug-likeness (QED) is 0.775. The van der Waals surface area contributed by atoms with Crippen LogP contribution in [0.3, 0.4) is 0 Å². The molecule has 2 aromatic heterocycles. The average Bonchev–Trinajstić information content (AvgIpc) is 2.69. The number of fused-ring (bicyclic) bond motifs is 1. The van der Waals surface area contributed by atoms with Crippen molar-refractivity contribution in [2.75, 3.05) is 13.6 Å². The standard InChI is InChI=1S/C13H20N4/c1-3-9-17-12-6-8-15-10-11(12)16-13(17)5-4-7-14-2/h6,8,10,14H,3-5,7,9H2,1-2H3. The fraction of sp³-hybridized carbons (Fsp3) is 0.538. The molecular weight excluding hydrogens is 212 g/mol. The van der Waals surface area contributed by atoms with E-state index in [9.17, 15) is 0 Å². The number of pyridine rings is 1. The normalized spacial score (nSPS) is 11.2. The molecule has 0 fully saturated rings. The van der Waals surface area contributed by atoms with Crippen LogP contribution in [-0.4, -0.2) is 28.1 Å². The number of hydrogen-bond donors (Lipinski definition) is 1. The van der Waals surface area contributed by atoms with Crippen LogP contribution < -0.4 is 5.32 Å². The molecule has 0 unspecified atom stereocenters. The SMILES string of the molecule is CCCn1c(CCCNC)nc2cnccc21. The molecule has 0 aromatic carbocycles. The fourth-order valence-corrected chi connectivity index (χ4v) is 2.12. The predicted octanol–water partition coefficient (Wildman–Crippen LogP) is 1.99. The summed E-state index contributed by atoms with van der Waals surface area (Å²) < 4.78 is 2.33. The number of hydrogen-bond acceptors (Lipinski definition) is 3.